The highest BCUT2D eigenvalue weighted by atomic mass is 35.5. The molecule has 2 rings (SSSR count). The van der Waals surface area contributed by atoms with Gasteiger partial charge in [0.2, 0.25) is 0 Å². The number of halogens is 1. The Morgan fingerprint density at radius 2 is 1.63 bits per heavy atom. The van der Waals surface area contributed by atoms with E-state index in [0.29, 0.717) is 16.5 Å². The third kappa shape index (κ3) is 2.93. The van der Waals surface area contributed by atoms with Gasteiger partial charge in [0.25, 0.3) is 0 Å². The molecule has 0 saturated carbocycles. The average Bonchev–Trinajstić information content (AvgIpc) is 2.37. The van der Waals surface area contributed by atoms with E-state index < -0.39 is 0 Å². The summed E-state index contributed by atoms with van der Waals surface area (Å²) in [6.45, 7) is 5.59. The molecule has 2 aromatic carbocycles. The van der Waals surface area contributed by atoms with Gasteiger partial charge in [-0.25, -0.2) is 0 Å². The smallest absolute Gasteiger partial charge is 0.121 e. The number of hydrogen-bond acceptors (Lipinski definition) is 3. The third-order valence-electron chi connectivity index (χ3n) is 2.99. The van der Waals surface area contributed by atoms with E-state index in [9.17, 15) is 5.11 Å². The maximum absolute atomic E-state index is 9.71. The lowest BCUT2D eigenvalue weighted by Crippen LogP contribution is -1.80. The van der Waals surface area contributed by atoms with Crippen LogP contribution in [0.2, 0.25) is 5.02 Å². The van der Waals surface area contributed by atoms with E-state index in [1.807, 2.05) is 39.0 Å². The molecule has 0 fully saturated rings. The minimum atomic E-state index is 0.304. The molecule has 19 heavy (non-hydrogen) atoms. The summed E-state index contributed by atoms with van der Waals surface area (Å²) in [6, 6.07) is 9.13. The van der Waals surface area contributed by atoms with E-state index in [4.69, 9.17) is 11.6 Å². The van der Waals surface area contributed by atoms with Crippen LogP contribution in [0, 0.1) is 20.8 Å². The van der Waals surface area contributed by atoms with Gasteiger partial charge in [0.1, 0.15) is 5.75 Å². The van der Waals surface area contributed by atoms with E-state index in [1.165, 1.54) is 0 Å². The standard InChI is InChI=1S/C15H15ClN2O/c1-9-7-12(8-10(2)15(9)19)17-18-14-6-4-5-13(16)11(14)3/h4-8,19H,1-3H3. The summed E-state index contributed by atoms with van der Waals surface area (Å²) < 4.78 is 0. The summed E-state index contributed by atoms with van der Waals surface area (Å²) in [4.78, 5) is 0. The van der Waals surface area contributed by atoms with Crippen LogP contribution < -0.4 is 0 Å². The van der Waals surface area contributed by atoms with E-state index >= 15 is 0 Å². The Morgan fingerprint density at radius 3 is 2.26 bits per heavy atom. The molecule has 0 saturated heterocycles. The lowest BCUT2D eigenvalue weighted by Gasteiger charge is -2.04. The second-order valence-electron chi connectivity index (χ2n) is 4.51. The van der Waals surface area contributed by atoms with Crippen molar-refractivity contribution in [2.24, 2.45) is 10.2 Å². The molecule has 0 aliphatic rings. The summed E-state index contributed by atoms with van der Waals surface area (Å²) >= 11 is 6.03. The molecule has 0 radical (unpaired) electrons. The van der Waals surface area contributed by atoms with Gasteiger partial charge in [0.05, 0.1) is 11.4 Å². The van der Waals surface area contributed by atoms with Gasteiger partial charge < -0.3 is 5.11 Å². The van der Waals surface area contributed by atoms with Crippen LogP contribution in [0.1, 0.15) is 16.7 Å². The van der Waals surface area contributed by atoms with Gasteiger partial charge in [0, 0.05) is 5.02 Å². The first-order chi connectivity index (χ1) is 8.99. The Hall–Kier alpha value is -1.87. The van der Waals surface area contributed by atoms with Gasteiger partial charge in [-0.1, -0.05) is 17.7 Å². The summed E-state index contributed by atoms with van der Waals surface area (Å²) in [5.74, 6) is 0.304. The van der Waals surface area contributed by atoms with E-state index in [1.54, 1.807) is 12.1 Å². The predicted octanol–water partition coefficient (Wildman–Crippen LogP) is 5.39. The lowest BCUT2D eigenvalue weighted by molar-refractivity contribution is 0.467. The normalized spacial score (nSPS) is 11.2. The molecule has 0 bridgehead atoms. The first-order valence-electron chi connectivity index (χ1n) is 5.96. The molecule has 0 amide bonds. The summed E-state index contributed by atoms with van der Waals surface area (Å²) in [6.07, 6.45) is 0. The van der Waals surface area contributed by atoms with Crippen molar-refractivity contribution in [2.75, 3.05) is 0 Å². The number of benzene rings is 2. The highest BCUT2D eigenvalue weighted by Crippen LogP contribution is 2.30. The Bertz CT molecular complexity index is 628. The van der Waals surface area contributed by atoms with Crippen LogP contribution in [0.4, 0.5) is 11.4 Å². The zero-order valence-electron chi connectivity index (χ0n) is 11.1. The number of phenols is 1. The molecule has 3 nitrogen and oxygen atoms in total. The Labute approximate surface area is 117 Å². The minimum absolute atomic E-state index is 0.304. The summed E-state index contributed by atoms with van der Waals surface area (Å²) in [7, 11) is 0. The fourth-order valence-corrected chi connectivity index (χ4v) is 1.98. The zero-order chi connectivity index (χ0) is 14.0. The first kappa shape index (κ1) is 13.6. The van der Waals surface area contributed by atoms with Gasteiger partial charge in [-0.2, -0.15) is 10.2 Å². The van der Waals surface area contributed by atoms with E-state index in [2.05, 4.69) is 10.2 Å². The summed E-state index contributed by atoms with van der Waals surface area (Å²) in [5, 5.41) is 18.8. The second-order valence-corrected chi connectivity index (χ2v) is 4.92. The van der Waals surface area contributed by atoms with Crippen molar-refractivity contribution in [3.63, 3.8) is 0 Å². The van der Waals surface area contributed by atoms with Crippen molar-refractivity contribution in [1.82, 2.24) is 0 Å². The number of hydrogen-bond donors (Lipinski definition) is 1. The Kier molecular flexibility index (Phi) is 3.86. The van der Waals surface area contributed by atoms with Gasteiger partial charge in [-0.15, -0.1) is 0 Å². The molecule has 2 aromatic rings. The summed E-state index contributed by atoms with van der Waals surface area (Å²) in [5.41, 5.74) is 3.94. The molecular weight excluding hydrogens is 260 g/mol. The highest BCUT2D eigenvalue weighted by molar-refractivity contribution is 6.31. The molecule has 4 heteroatoms. The predicted molar refractivity (Wildman–Crippen MR) is 77.9 cm³/mol. The van der Waals surface area contributed by atoms with Gasteiger partial charge in [-0.3, -0.25) is 0 Å². The Balaban J connectivity index is 2.35. The fourth-order valence-electron chi connectivity index (χ4n) is 1.81. The van der Waals surface area contributed by atoms with Gasteiger partial charge in [-0.05, 0) is 61.7 Å². The van der Waals surface area contributed by atoms with Crippen molar-refractivity contribution in [1.29, 1.82) is 0 Å². The largest absolute Gasteiger partial charge is 0.507 e. The number of nitrogens with zero attached hydrogens (tertiary/aromatic N) is 2. The number of phenolic OH excluding ortho intramolecular Hbond substituents is 1. The molecule has 98 valence electrons. The van der Waals surface area contributed by atoms with Gasteiger partial charge >= 0.3 is 0 Å². The molecule has 0 aliphatic heterocycles. The van der Waals surface area contributed by atoms with Crippen LogP contribution in [0.5, 0.6) is 5.75 Å². The third-order valence-corrected chi connectivity index (χ3v) is 3.40. The molecule has 0 aromatic heterocycles. The van der Waals surface area contributed by atoms with Crippen LogP contribution >= 0.6 is 11.6 Å². The molecule has 0 heterocycles. The molecule has 0 unspecified atom stereocenters. The highest BCUT2D eigenvalue weighted by Gasteiger charge is 2.04. The van der Waals surface area contributed by atoms with Crippen LogP contribution in [0.15, 0.2) is 40.6 Å². The maximum Gasteiger partial charge on any atom is 0.121 e. The van der Waals surface area contributed by atoms with Crippen molar-refractivity contribution in [3.8, 4) is 5.75 Å². The van der Waals surface area contributed by atoms with E-state index in [0.717, 1.165) is 22.4 Å². The molecule has 0 atom stereocenters. The van der Waals surface area contributed by atoms with Crippen molar-refractivity contribution in [2.45, 2.75) is 20.8 Å². The van der Waals surface area contributed by atoms with Crippen LogP contribution in [0.3, 0.4) is 0 Å². The zero-order valence-corrected chi connectivity index (χ0v) is 11.9. The number of aromatic hydroxyl groups is 1. The van der Waals surface area contributed by atoms with E-state index in [-0.39, 0.29) is 0 Å². The van der Waals surface area contributed by atoms with Crippen LogP contribution in [-0.4, -0.2) is 5.11 Å². The first-order valence-corrected chi connectivity index (χ1v) is 6.34. The fraction of sp³-hybridized carbons (Fsp3) is 0.200. The SMILES string of the molecule is Cc1cc(N=Nc2cccc(Cl)c2C)cc(C)c1O. The van der Waals surface area contributed by atoms with Crippen LogP contribution in [-0.2, 0) is 0 Å². The van der Waals surface area contributed by atoms with Crippen molar-refractivity contribution >= 4 is 23.0 Å². The molecule has 0 spiro atoms. The van der Waals surface area contributed by atoms with Crippen molar-refractivity contribution < 1.29 is 5.11 Å². The minimum Gasteiger partial charge on any atom is -0.507 e. The molecular formula is C15H15ClN2O. The van der Waals surface area contributed by atoms with Crippen molar-refractivity contribution in [3.05, 3.63) is 52.0 Å². The monoisotopic (exact) mass is 274 g/mol. The molecule has 1 N–H and O–H groups in total. The van der Waals surface area contributed by atoms with Crippen LogP contribution in [0.25, 0.3) is 0 Å². The Morgan fingerprint density at radius 1 is 1.00 bits per heavy atom. The molecule has 0 aliphatic carbocycles. The number of aryl methyl sites for hydroxylation is 2. The lowest BCUT2D eigenvalue weighted by atomic mass is 10.1. The topological polar surface area (TPSA) is 45.0 Å². The maximum atomic E-state index is 9.71. The number of azo groups is 1. The quantitative estimate of drug-likeness (QED) is 0.734. The van der Waals surface area contributed by atoms with Gasteiger partial charge in [0.15, 0.2) is 0 Å². The second kappa shape index (κ2) is 5.41. The average molecular weight is 275 g/mol. The number of rotatable bonds is 2.